The number of nitrogens with zero attached hydrogens (tertiary/aromatic N) is 1. The van der Waals surface area contributed by atoms with Crippen LogP contribution in [0.4, 0.5) is 0 Å². The van der Waals surface area contributed by atoms with Crippen LogP contribution >= 0.6 is 23.4 Å². The first kappa shape index (κ1) is 26.3. The van der Waals surface area contributed by atoms with Gasteiger partial charge in [0, 0.05) is 21.7 Å². The third kappa shape index (κ3) is 5.98. The maximum atomic E-state index is 13.0. The Labute approximate surface area is 223 Å². The lowest BCUT2D eigenvalue weighted by Crippen LogP contribution is -2.11. The van der Waals surface area contributed by atoms with Crippen molar-refractivity contribution in [1.82, 2.24) is 4.98 Å². The van der Waals surface area contributed by atoms with Crippen molar-refractivity contribution in [3.8, 4) is 11.5 Å². The van der Waals surface area contributed by atoms with Crippen LogP contribution in [0.2, 0.25) is 5.02 Å². The van der Waals surface area contributed by atoms with E-state index in [0.29, 0.717) is 49.3 Å². The zero-order chi connectivity index (χ0) is 26.4. The molecular weight excluding hydrogens is 514 g/mol. The van der Waals surface area contributed by atoms with Gasteiger partial charge in [-0.2, -0.15) is 0 Å². The Balaban J connectivity index is 1.76. The molecule has 0 aliphatic carbocycles. The molecule has 0 aliphatic heterocycles. The van der Waals surface area contributed by atoms with E-state index in [-0.39, 0.29) is 12.2 Å². The maximum absolute atomic E-state index is 13.0. The molecule has 0 bridgehead atoms. The Morgan fingerprint density at radius 2 is 1.65 bits per heavy atom. The number of halogens is 1. The molecule has 4 aromatic rings. The van der Waals surface area contributed by atoms with Crippen molar-refractivity contribution in [2.45, 2.75) is 17.4 Å². The Morgan fingerprint density at radius 3 is 2.35 bits per heavy atom. The lowest BCUT2D eigenvalue weighted by molar-refractivity contribution is 0.0586. The third-order valence-electron chi connectivity index (χ3n) is 5.56. The minimum absolute atomic E-state index is 0.0211. The molecule has 0 aliphatic rings. The number of carbonyl (C=O) groups is 2. The molecule has 9 heteroatoms. The van der Waals surface area contributed by atoms with Crippen molar-refractivity contribution in [2.75, 3.05) is 21.3 Å². The van der Waals surface area contributed by atoms with Gasteiger partial charge in [0.15, 0.2) is 0 Å². The number of hydrogen-bond donors (Lipinski definition) is 0. The predicted octanol–water partition coefficient (Wildman–Crippen LogP) is 6.34. The van der Waals surface area contributed by atoms with Gasteiger partial charge < -0.3 is 18.9 Å². The number of para-hydroxylation sites is 1. The predicted molar refractivity (Wildman–Crippen MR) is 143 cm³/mol. The summed E-state index contributed by atoms with van der Waals surface area (Å²) in [7, 11) is 4.17. The molecule has 7 nitrogen and oxygen atoms in total. The number of thioether (sulfide) groups is 1. The van der Waals surface area contributed by atoms with E-state index < -0.39 is 11.9 Å². The summed E-state index contributed by atoms with van der Waals surface area (Å²) in [6.45, 7) is 0.0211. The zero-order valence-corrected chi connectivity index (χ0v) is 22.0. The minimum Gasteiger partial charge on any atom is -0.496 e. The Bertz CT molecular complexity index is 1440. The van der Waals surface area contributed by atoms with Crippen LogP contribution in [-0.2, 0) is 21.8 Å². The van der Waals surface area contributed by atoms with E-state index in [0.717, 1.165) is 5.56 Å². The topological polar surface area (TPSA) is 84.0 Å². The molecule has 1 heterocycles. The van der Waals surface area contributed by atoms with Crippen molar-refractivity contribution >= 4 is 46.2 Å². The highest BCUT2D eigenvalue weighted by atomic mass is 35.5. The molecule has 0 radical (unpaired) electrons. The molecule has 0 atom stereocenters. The number of pyridine rings is 1. The number of rotatable bonds is 9. The molecule has 0 N–H and O–H groups in total. The highest BCUT2D eigenvalue weighted by molar-refractivity contribution is 7.98. The monoisotopic (exact) mass is 537 g/mol. The number of aromatic nitrogens is 1. The number of benzene rings is 3. The quantitative estimate of drug-likeness (QED) is 0.181. The molecule has 4 rings (SSSR count). The molecule has 0 fully saturated rings. The van der Waals surface area contributed by atoms with E-state index in [9.17, 15) is 9.59 Å². The molecule has 37 heavy (non-hydrogen) atoms. The SMILES string of the molecule is COC(=O)c1ccc(OC)c(COc2c(C(=O)OC)c(SCc3ccc(Cl)cc3)nc3ccccc23)c1. The maximum Gasteiger partial charge on any atom is 0.344 e. The summed E-state index contributed by atoms with van der Waals surface area (Å²) in [6.07, 6.45) is 0. The van der Waals surface area contributed by atoms with Crippen LogP contribution in [0.25, 0.3) is 10.9 Å². The second-order valence-electron chi connectivity index (χ2n) is 7.85. The summed E-state index contributed by atoms with van der Waals surface area (Å²) >= 11 is 7.41. The molecule has 190 valence electrons. The summed E-state index contributed by atoms with van der Waals surface area (Å²) in [4.78, 5) is 29.8. The van der Waals surface area contributed by atoms with Gasteiger partial charge in [-0.15, -0.1) is 11.8 Å². The Kier molecular flexibility index (Phi) is 8.53. The van der Waals surface area contributed by atoms with Crippen LogP contribution in [0.1, 0.15) is 31.8 Å². The van der Waals surface area contributed by atoms with Crippen molar-refractivity contribution in [1.29, 1.82) is 0 Å². The van der Waals surface area contributed by atoms with Gasteiger partial charge in [-0.05, 0) is 48.0 Å². The van der Waals surface area contributed by atoms with Crippen LogP contribution in [0.3, 0.4) is 0 Å². The van der Waals surface area contributed by atoms with E-state index in [1.165, 1.54) is 33.1 Å². The summed E-state index contributed by atoms with van der Waals surface area (Å²) < 4.78 is 21.7. The molecule has 0 spiro atoms. The fourth-order valence-corrected chi connectivity index (χ4v) is 4.82. The molecule has 0 saturated heterocycles. The molecule has 3 aromatic carbocycles. The average Bonchev–Trinajstić information content (AvgIpc) is 2.94. The highest BCUT2D eigenvalue weighted by Crippen LogP contribution is 2.38. The van der Waals surface area contributed by atoms with Crippen LogP contribution in [0, 0.1) is 0 Å². The second-order valence-corrected chi connectivity index (χ2v) is 9.25. The lowest BCUT2D eigenvalue weighted by atomic mass is 10.1. The number of ether oxygens (including phenoxy) is 4. The first-order valence-corrected chi connectivity index (χ1v) is 12.6. The normalized spacial score (nSPS) is 10.7. The van der Waals surface area contributed by atoms with Crippen LogP contribution in [-0.4, -0.2) is 38.3 Å². The van der Waals surface area contributed by atoms with Gasteiger partial charge in [-0.25, -0.2) is 14.6 Å². The third-order valence-corrected chi connectivity index (χ3v) is 6.86. The van der Waals surface area contributed by atoms with Gasteiger partial charge in [0.05, 0.1) is 32.4 Å². The summed E-state index contributed by atoms with van der Waals surface area (Å²) in [6, 6.07) is 19.8. The smallest absolute Gasteiger partial charge is 0.344 e. The van der Waals surface area contributed by atoms with E-state index in [1.54, 1.807) is 18.2 Å². The molecule has 0 unspecified atom stereocenters. The van der Waals surface area contributed by atoms with Crippen LogP contribution < -0.4 is 9.47 Å². The average molecular weight is 538 g/mol. The van der Waals surface area contributed by atoms with E-state index in [1.807, 2.05) is 48.5 Å². The van der Waals surface area contributed by atoms with Crippen molar-refractivity contribution in [3.05, 3.63) is 94.0 Å². The summed E-state index contributed by atoms with van der Waals surface area (Å²) in [5.41, 5.74) is 2.88. The molecule has 0 amide bonds. The first-order valence-electron chi connectivity index (χ1n) is 11.2. The number of esters is 2. The van der Waals surface area contributed by atoms with Crippen LogP contribution in [0.5, 0.6) is 11.5 Å². The van der Waals surface area contributed by atoms with Crippen molar-refractivity contribution in [2.24, 2.45) is 0 Å². The zero-order valence-electron chi connectivity index (χ0n) is 20.4. The Morgan fingerprint density at radius 1 is 0.919 bits per heavy atom. The van der Waals surface area contributed by atoms with Gasteiger partial charge in [-0.1, -0.05) is 35.9 Å². The summed E-state index contributed by atoms with van der Waals surface area (Å²) in [5, 5.41) is 1.78. The second kappa shape index (κ2) is 12.0. The van der Waals surface area contributed by atoms with Gasteiger partial charge in [0.25, 0.3) is 0 Å². The largest absolute Gasteiger partial charge is 0.496 e. The van der Waals surface area contributed by atoms with Gasteiger partial charge in [-0.3, -0.25) is 0 Å². The van der Waals surface area contributed by atoms with Crippen LogP contribution in [0.15, 0.2) is 71.8 Å². The highest BCUT2D eigenvalue weighted by Gasteiger charge is 2.24. The lowest BCUT2D eigenvalue weighted by Gasteiger charge is -2.17. The van der Waals surface area contributed by atoms with Gasteiger partial charge in [0.2, 0.25) is 0 Å². The minimum atomic E-state index is -0.567. The van der Waals surface area contributed by atoms with E-state index >= 15 is 0 Å². The number of carbonyl (C=O) groups excluding carboxylic acids is 2. The van der Waals surface area contributed by atoms with Gasteiger partial charge >= 0.3 is 11.9 Å². The summed E-state index contributed by atoms with van der Waals surface area (Å²) in [5.74, 6) is 0.377. The van der Waals surface area contributed by atoms with E-state index in [2.05, 4.69) is 0 Å². The molecular formula is C28H24ClNO6S. The van der Waals surface area contributed by atoms with Crippen molar-refractivity contribution in [3.63, 3.8) is 0 Å². The van der Waals surface area contributed by atoms with E-state index in [4.69, 9.17) is 35.5 Å². The fraction of sp³-hybridized carbons (Fsp3) is 0.179. The van der Waals surface area contributed by atoms with Crippen molar-refractivity contribution < 1.29 is 28.5 Å². The Hall–Kier alpha value is -3.75. The van der Waals surface area contributed by atoms with Gasteiger partial charge in [0.1, 0.15) is 28.7 Å². The standard InChI is InChI=1S/C28H24ClNO6S/c1-33-23-13-10-18(27(31)34-2)14-19(23)15-36-25-21-6-4-5-7-22(21)30-26(24(25)28(32)35-3)37-16-17-8-11-20(29)12-9-17/h4-14H,15-16H2,1-3H3. The first-order chi connectivity index (χ1) is 17.9. The molecule has 1 aromatic heterocycles. The number of fused-ring (bicyclic) bond motifs is 1. The number of methoxy groups -OCH3 is 3. The fourth-order valence-electron chi connectivity index (χ4n) is 3.72. The number of hydrogen-bond acceptors (Lipinski definition) is 8. The molecule has 0 saturated carbocycles.